The molecule has 0 amide bonds. The molecule has 3 nitrogen and oxygen atoms in total. The van der Waals surface area contributed by atoms with Crippen LogP contribution in [0.15, 0.2) is 12.1 Å². The van der Waals surface area contributed by atoms with Gasteiger partial charge in [-0.2, -0.15) is 0 Å². The Morgan fingerprint density at radius 1 is 1.21 bits per heavy atom. The highest BCUT2D eigenvalue weighted by molar-refractivity contribution is 6.33. The highest BCUT2D eigenvalue weighted by Gasteiger charge is 2.19. The molecule has 0 atom stereocenters. The lowest BCUT2D eigenvalue weighted by molar-refractivity contribution is 0.354. The average molecular weight is 284 g/mol. The quantitative estimate of drug-likeness (QED) is 0.742. The van der Waals surface area contributed by atoms with Crippen molar-refractivity contribution in [3.8, 4) is 11.5 Å². The summed E-state index contributed by atoms with van der Waals surface area (Å²) in [5, 5.41) is 4.20. The highest BCUT2D eigenvalue weighted by atomic mass is 35.5. The SMILES string of the molecule is COc1ccc(CCCCNC2CC2)c(Cl)c1OC. The number of hydrogen-bond acceptors (Lipinski definition) is 3. The second-order valence-corrected chi connectivity index (χ2v) is 5.34. The lowest BCUT2D eigenvalue weighted by atomic mass is 10.1. The Hall–Kier alpha value is -0.930. The summed E-state index contributed by atoms with van der Waals surface area (Å²) >= 11 is 6.35. The van der Waals surface area contributed by atoms with Crippen LogP contribution in [0.5, 0.6) is 11.5 Å². The summed E-state index contributed by atoms with van der Waals surface area (Å²) in [5.74, 6) is 1.32. The number of hydrogen-bond donors (Lipinski definition) is 1. The van der Waals surface area contributed by atoms with Crippen molar-refractivity contribution in [3.63, 3.8) is 0 Å². The number of methoxy groups -OCH3 is 2. The van der Waals surface area contributed by atoms with E-state index in [1.165, 1.54) is 19.3 Å². The van der Waals surface area contributed by atoms with E-state index in [0.717, 1.165) is 31.0 Å². The van der Waals surface area contributed by atoms with Gasteiger partial charge in [-0.25, -0.2) is 0 Å². The Kier molecular flexibility index (Phi) is 5.34. The van der Waals surface area contributed by atoms with Crippen molar-refractivity contribution in [2.75, 3.05) is 20.8 Å². The second kappa shape index (κ2) is 7.01. The summed E-state index contributed by atoms with van der Waals surface area (Å²) in [6.07, 6.45) is 5.99. The predicted molar refractivity (Wildman–Crippen MR) is 78.5 cm³/mol. The van der Waals surface area contributed by atoms with Crippen LogP contribution in [0.3, 0.4) is 0 Å². The molecular weight excluding hydrogens is 262 g/mol. The molecule has 0 aromatic heterocycles. The minimum atomic E-state index is 0.637. The minimum absolute atomic E-state index is 0.637. The summed E-state index contributed by atoms with van der Waals surface area (Å²) in [6.45, 7) is 1.11. The van der Waals surface area contributed by atoms with Crippen molar-refractivity contribution in [3.05, 3.63) is 22.7 Å². The van der Waals surface area contributed by atoms with Crippen molar-refractivity contribution >= 4 is 11.6 Å². The van der Waals surface area contributed by atoms with Crippen LogP contribution in [0.2, 0.25) is 5.02 Å². The zero-order valence-electron chi connectivity index (χ0n) is 11.7. The monoisotopic (exact) mass is 283 g/mol. The smallest absolute Gasteiger partial charge is 0.179 e. The van der Waals surface area contributed by atoms with Gasteiger partial charge in [0.15, 0.2) is 11.5 Å². The molecule has 0 aliphatic heterocycles. The minimum Gasteiger partial charge on any atom is -0.493 e. The first-order chi connectivity index (χ1) is 9.26. The summed E-state index contributed by atoms with van der Waals surface area (Å²) in [7, 11) is 3.24. The topological polar surface area (TPSA) is 30.5 Å². The Balaban J connectivity index is 1.84. The van der Waals surface area contributed by atoms with Gasteiger partial charge in [-0.15, -0.1) is 0 Å². The van der Waals surface area contributed by atoms with Crippen molar-refractivity contribution in [2.24, 2.45) is 0 Å². The fraction of sp³-hybridized carbons (Fsp3) is 0.600. The van der Waals surface area contributed by atoms with Crippen LogP contribution in [0.1, 0.15) is 31.2 Å². The largest absolute Gasteiger partial charge is 0.493 e. The van der Waals surface area contributed by atoms with E-state index in [9.17, 15) is 0 Å². The number of unbranched alkanes of at least 4 members (excludes halogenated alkanes) is 1. The third-order valence-electron chi connectivity index (χ3n) is 3.45. The lowest BCUT2D eigenvalue weighted by Crippen LogP contribution is -2.17. The summed E-state index contributed by atoms with van der Waals surface area (Å²) < 4.78 is 10.5. The van der Waals surface area contributed by atoms with Crippen LogP contribution in [0.4, 0.5) is 0 Å². The molecule has 0 spiro atoms. The van der Waals surface area contributed by atoms with Crippen LogP contribution in [0, 0.1) is 0 Å². The van der Waals surface area contributed by atoms with E-state index in [-0.39, 0.29) is 0 Å². The third-order valence-corrected chi connectivity index (χ3v) is 3.86. The Bertz CT molecular complexity index is 419. The number of aryl methyl sites for hydroxylation is 1. The molecule has 0 heterocycles. The van der Waals surface area contributed by atoms with Gasteiger partial charge in [0, 0.05) is 6.04 Å². The number of halogens is 1. The second-order valence-electron chi connectivity index (χ2n) is 4.96. The molecule has 1 aliphatic rings. The maximum absolute atomic E-state index is 6.35. The maximum atomic E-state index is 6.35. The van der Waals surface area contributed by atoms with Crippen LogP contribution in [0.25, 0.3) is 0 Å². The number of rotatable bonds is 8. The Morgan fingerprint density at radius 3 is 2.63 bits per heavy atom. The van der Waals surface area contributed by atoms with E-state index in [2.05, 4.69) is 5.32 Å². The maximum Gasteiger partial charge on any atom is 0.179 e. The Labute approximate surface area is 120 Å². The molecule has 0 unspecified atom stereocenters. The van der Waals surface area contributed by atoms with Gasteiger partial charge in [0.1, 0.15) is 0 Å². The van der Waals surface area contributed by atoms with E-state index >= 15 is 0 Å². The van der Waals surface area contributed by atoms with Crippen molar-refractivity contribution < 1.29 is 9.47 Å². The molecule has 1 aliphatic carbocycles. The summed E-state index contributed by atoms with van der Waals surface area (Å²) in [4.78, 5) is 0. The zero-order chi connectivity index (χ0) is 13.7. The fourth-order valence-electron chi connectivity index (χ4n) is 2.16. The summed E-state index contributed by atoms with van der Waals surface area (Å²) in [5.41, 5.74) is 1.13. The molecule has 1 N–H and O–H groups in total. The van der Waals surface area contributed by atoms with Crippen LogP contribution < -0.4 is 14.8 Å². The number of ether oxygens (including phenoxy) is 2. The molecule has 1 aromatic rings. The molecular formula is C15H22ClNO2. The standard InChI is InChI=1S/C15H22ClNO2/c1-18-13-9-6-11(14(16)15(13)19-2)5-3-4-10-17-12-7-8-12/h6,9,12,17H,3-5,7-8,10H2,1-2H3. The molecule has 106 valence electrons. The molecule has 0 bridgehead atoms. The zero-order valence-corrected chi connectivity index (χ0v) is 12.4. The average Bonchev–Trinajstić information content (AvgIpc) is 3.23. The van der Waals surface area contributed by atoms with E-state index in [4.69, 9.17) is 21.1 Å². The van der Waals surface area contributed by atoms with E-state index in [1.54, 1.807) is 14.2 Å². The molecule has 0 radical (unpaired) electrons. The van der Waals surface area contributed by atoms with Crippen molar-refractivity contribution in [2.45, 2.75) is 38.1 Å². The van der Waals surface area contributed by atoms with Gasteiger partial charge in [-0.05, 0) is 50.3 Å². The molecule has 19 heavy (non-hydrogen) atoms. The van der Waals surface area contributed by atoms with Gasteiger partial charge in [0.2, 0.25) is 0 Å². The van der Waals surface area contributed by atoms with Gasteiger partial charge in [-0.1, -0.05) is 17.7 Å². The van der Waals surface area contributed by atoms with E-state index in [1.807, 2.05) is 12.1 Å². The highest BCUT2D eigenvalue weighted by Crippen LogP contribution is 2.37. The van der Waals surface area contributed by atoms with Crippen LogP contribution in [-0.2, 0) is 6.42 Å². The lowest BCUT2D eigenvalue weighted by Gasteiger charge is -2.12. The molecule has 1 aromatic carbocycles. The normalized spacial score (nSPS) is 14.5. The Morgan fingerprint density at radius 2 is 2.00 bits per heavy atom. The van der Waals surface area contributed by atoms with Crippen LogP contribution >= 0.6 is 11.6 Å². The predicted octanol–water partition coefficient (Wildman–Crippen LogP) is 3.43. The van der Waals surface area contributed by atoms with Gasteiger partial charge in [-0.3, -0.25) is 0 Å². The molecule has 2 rings (SSSR count). The van der Waals surface area contributed by atoms with Gasteiger partial charge in [0.05, 0.1) is 19.2 Å². The first-order valence-electron chi connectivity index (χ1n) is 6.89. The summed E-state index contributed by atoms with van der Waals surface area (Å²) in [6, 6.07) is 4.74. The molecule has 1 fully saturated rings. The van der Waals surface area contributed by atoms with Gasteiger partial charge in [0.25, 0.3) is 0 Å². The molecule has 1 saturated carbocycles. The van der Waals surface area contributed by atoms with Crippen LogP contribution in [-0.4, -0.2) is 26.8 Å². The first kappa shape index (κ1) is 14.5. The molecule has 0 saturated heterocycles. The van der Waals surface area contributed by atoms with E-state index < -0.39 is 0 Å². The fourth-order valence-corrected chi connectivity index (χ4v) is 2.48. The first-order valence-corrected chi connectivity index (χ1v) is 7.26. The number of nitrogens with one attached hydrogen (secondary N) is 1. The van der Waals surface area contributed by atoms with Crippen molar-refractivity contribution in [1.29, 1.82) is 0 Å². The van der Waals surface area contributed by atoms with Crippen molar-refractivity contribution in [1.82, 2.24) is 5.32 Å². The van der Waals surface area contributed by atoms with Gasteiger partial charge >= 0.3 is 0 Å². The van der Waals surface area contributed by atoms with E-state index in [0.29, 0.717) is 16.5 Å². The third kappa shape index (κ3) is 4.02. The van der Waals surface area contributed by atoms with Gasteiger partial charge < -0.3 is 14.8 Å². The number of benzene rings is 1. The molecule has 4 heteroatoms.